The van der Waals surface area contributed by atoms with Crippen LogP contribution in [0.4, 0.5) is 0 Å². The zero-order valence-electron chi connectivity index (χ0n) is 25.2. The van der Waals surface area contributed by atoms with Gasteiger partial charge in [-0.2, -0.15) is 0 Å². The molecule has 1 saturated carbocycles. The fourth-order valence-corrected chi connectivity index (χ4v) is 5.28. The molecule has 0 aromatic rings. The fraction of sp³-hybridized carbons (Fsp3) is 0.211. The van der Waals surface area contributed by atoms with Crippen molar-refractivity contribution < 1.29 is 9.47 Å². The van der Waals surface area contributed by atoms with Crippen molar-refractivity contribution in [2.45, 2.75) is 32.2 Å². The highest BCUT2D eigenvalue weighted by Gasteiger charge is 2.59. The number of nitrogens with zero attached hydrogens (tertiary/aromatic N) is 3. The van der Waals surface area contributed by atoms with Crippen LogP contribution < -0.4 is 0 Å². The lowest BCUT2D eigenvalue weighted by Crippen LogP contribution is -2.41. The van der Waals surface area contributed by atoms with Crippen molar-refractivity contribution >= 4 is 12.4 Å². The minimum absolute atomic E-state index is 0.0347. The molecule has 5 rings (SSSR count). The predicted octanol–water partition coefficient (Wildman–Crippen LogP) is 8.40. The number of terminal acetylenes is 1. The maximum absolute atomic E-state index is 6.19. The number of fused-ring (bicyclic) bond motifs is 1. The van der Waals surface area contributed by atoms with Gasteiger partial charge in [0, 0.05) is 18.7 Å². The van der Waals surface area contributed by atoms with Gasteiger partial charge in [0.15, 0.2) is 23.0 Å². The number of allylic oxidation sites excluding steroid dienone is 16. The molecule has 1 spiro atoms. The molecule has 3 aliphatic carbocycles. The van der Waals surface area contributed by atoms with Crippen molar-refractivity contribution in [2.75, 3.05) is 13.2 Å². The van der Waals surface area contributed by atoms with Gasteiger partial charge in [-0.1, -0.05) is 93.8 Å². The summed E-state index contributed by atoms with van der Waals surface area (Å²) in [6, 6.07) is 0. The summed E-state index contributed by atoms with van der Waals surface area (Å²) in [5.74, 6) is 3.06. The lowest BCUT2D eigenvalue weighted by Gasteiger charge is -2.34. The van der Waals surface area contributed by atoms with Gasteiger partial charge in [-0.25, -0.2) is 0 Å². The van der Waals surface area contributed by atoms with Crippen LogP contribution in [0.3, 0.4) is 0 Å². The molecule has 0 aromatic heterocycles. The van der Waals surface area contributed by atoms with E-state index >= 15 is 0 Å². The quantitative estimate of drug-likeness (QED) is 0.167. The molecule has 1 unspecified atom stereocenters. The second-order valence-corrected chi connectivity index (χ2v) is 9.53. The number of ether oxygens (including phenoxy) is 2. The van der Waals surface area contributed by atoms with E-state index in [1.807, 2.05) is 56.4 Å². The average molecular weight is 572 g/mol. The summed E-state index contributed by atoms with van der Waals surface area (Å²) in [6.45, 7) is 16.4. The van der Waals surface area contributed by atoms with Crippen LogP contribution in [0.1, 0.15) is 26.7 Å². The Hall–Kier alpha value is -4.92. The standard InChI is InChI=1S/C34H33N3O2.C2H6.C2H2/c1-4-30-31(5-2)39-33-21-23-37(34-24-28(34)17-13-16-27(34)19-20-32(33)38-30)25-36-29-18-11-10-15-26(29)14-9-7-6-8-12-22-35-3;2*1-2/h4-18,20-22,28H,1-3,19,23-25H2;1-2H3;1-2H/b8-6-,9-7+,22-12-,26-14+,32-20+,33-21+,36-29-;;/t28-,34?;;/m1../s1. The van der Waals surface area contributed by atoms with Gasteiger partial charge in [0.1, 0.15) is 0 Å². The smallest absolute Gasteiger partial charge is 0.169 e. The van der Waals surface area contributed by atoms with E-state index < -0.39 is 0 Å². The van der Waals surface area contributed by atoms with Crippen molar-refractivity contribution in [3.05, 3.63) is 157 Å². The molecule has 2 atom stereocenters. The average Bonchev–Trinajstić information content (AvgIpc) is 3.80. The van der Waals surface area contributed by atoms with Crippen LogP contribution in [0.2, 0.25) is 0 Å². The lowest BCUT2D eigenvalue weighted by atomic mass is 9.93. The van der Waals surface area contributed by atoms with Crippen LogP contribution in [0, 0.1) is 18.8 Å². The normalized spacial score (nSPS) is 28.1. The highest BCUT2D eigenvalue weighted by molar-refractivity contribution is 6.11. The Labute approximate surface area is 257 Å². The lowest BCUT2D eigenvalue weighted by molar-refractivity contribution is 0.183. The van der Waals surface area contributed by atoms with E-state index in [-0.39, 0.29) is 5.54 Å². The van der Waals surface area contributed by atoms with Crippen LogP contribution in [0.5, 0.6) is 0 Å². The molecule has 2 aliphatic heterocycles. The zero-order valence-corrected chi connectivity index (χ0v) is 25.2. The largest absolute Gasteiger partial charge is 0.450 e. The molecule has 1 fully saturated rings. The molecule has 0 bridgehead atoms. The first-order valence-corrected chi connectivity index (χ1v) is 14.5. The second kappa shape index (κ2) is 16.5. The van der Waals surface area contributed by atoms with E-state index in [0.29, 0.717) is 42.2 Å². The van der Waals surface area contributed by atoms with Gasteiger partial charge < -0.3 is 9.47 Å². The van der Waals surface area contributed by atoms with E-state index in [1.165, 1.54) is 5.57 Å². The van der Waals surface area contributed by atoms with E-state index in [4.69, 9.17) is 14.5 Å². The summed E-state index contributed by atoms with van der Waals surface area (Å²) in [5.41, 5.74) is 3.38. The first-order valence-electron chi connectivity index (χ1n) is 14.5. The van der Waals surface area contributed by atoms with Gasteiger partial charge in [-0.05, 0) is 67.2 Å². The van der Waals surface area contributed by atoms with Crippen molar-refractivity contribution in [1.82, 2.24) is 4.90 Å². The fourth-order valence-electron chi connectivity index (χ4n) is 5.28. The third kappa shape index (κ3) is 7.68. The summed E-state index contributed by atoms with van der Waals surface area (Å²) in [7, 11) is 0. The first kappa shape index (κ1) is 32.6. The molecular formula is C38H41N3O2. The monoisotopic (exact) mass is 571 g/mol. The predicted molar refractivity (Wildman–Crippen MR) is 182 cm³/mol. The van der Waals surface area contributed by atoms with Crippen LogP contribution in [-0.2, 0) is 9.47 Å². The van der Waals surface area contributed by atoms with Crippen molar-refractivity contribution in [1.29, 1.82) is 0 Å². The van der Waals surface area contributed by atoms with Gasteiger partial charge in [0.05, 0.1) is 17.9 Å². The molecule has 5 heteroatoms. The van der Waals surface area contributed by atoms with E-state index in [2.05, 4.69) is 91.2 Å². The number of hydrogen-bond donors (Lipinski definition) is 0. The van der Waals surface area contributed by atoms with E-state index in [1.54, 1.807) is 18.4 Å². The maximum Gasteiger partial charge on any atom is 0.169 e. The van der Waals surface area contributed by atoms with Crippen molar-refractivity contribution in [2.24, 2.45) is 15.9 Å². The highest BCUT2D eigenvalue weighted by Crippen LogP contribution is 2.57. The summed E-state index contributed by atoms with van der Waals surface area (Å²) in [6.07, 6.45) is 45.8. The molecule has 2 heterocycles. The van der Waals surface area contributed by atoms with E-state index in [9.17, 15) is 0 Å². The molecule has 0 aromatic carbocycles. The maximum atomic E-state index is 6.19. The number of rotatable bonds is 8. The third-order valence-corrected chi connectivity index (χ3v) is 7.31. The summed E-state index contributed by atoms with van der Waals surface area (Å²) < 4.78 is 12.3. The molecule has 0 radical (unpaired) electrons. The number of aliphatic imine (C=N–C) groups is 2. The topological polar surface area (TPSA) is 46.4 Å². The van der Waals surface area contributed by atoms with Crippen LogP contribution in [0.25, 0.3) is 0 Å². The Balaban J connectivity index is 0.00000121. The minimum Gasteiger partial charge on any atom is -0.450 e. The Morgan fingerprint density at radius 2 is 1.63 bits per heavy atom. The third-order valence-electron chi connectivity index (χ3n) is 7.31. The van der Waals surface area contributed by atoms with Crippen molar-refractivity contribution in [3.63, 3.8) is 0 Å². The van der Waals surface area contributed by atoms with Gasteiger partial charge in [-0.15, -0.1) is 12.8 Å². The molecule has 5 aliphatic rings. The van der Waals surface area contributed by atoms with Crippen molar-refractivity contribution in [3.8, 4) is 12.8 Å². The van der Waals surface area contributed by atoms with Gasteiger partial charge >= 0.3 is 0 Å². The van der Waals surface area contributed by atoms with Crippen LogP contribution >= 0.6 is 0 Å². The first-order chi connectivity index (χ1) is 21.2. The second-order valence-electron chi connectivity index (χ2n) is 9.53. The molecule has 0 N–H and O–H groups in total. The molecule has 0 saturated heterocycles. The van der Waals surface area contributed by atoms with Gasteiger partial charge in [0.2, 0.25) is 0 Å². The van der Waals surface area contributed by atoms with Gasteiger partial charge in [0.25, 0.3) is 0 Å². The van der Waals surface area contributed by atoms with Crippen LogP contribution in [0.15, 0.2) is 167 Å². The highest BCUT2D eigenvalue weighted by atomic mass is 16.6. The molecule has 5 nitrogen and oxygen atoms in total. The molecular weight excluding hydrogens is 530 g/mol. The SMILES string of the molecule is C#C.C=CC1=C(C=C)OC2=C/CN(C/N=C3/C=CC=C/C3=C\C=C\C=C/C=C\N=C)C34C[C@H]3C=CC=C4C/C=C\2O1.CC. The Morgan fingerprint density at radius 1 is 0.953 bits per heavy atom. The van der Waals surface area contributed by atoms with E-state index in [0.717, 1.165) is 24.1 Å². The summed E-state index contributed by atoms with van der Waals surface area (Å²) in [4.78, 5) is 11.3. The minimum atomic E-state index is -0.0347. The Morgan fingerprint density at radius 3 is 2.35 bits per heavy atom. The number of hydrogen-bond acceptors (Lipinski definition) is 5. The molecule has 220 valence electrons. The summed E-state index contributed by atoms with van der Waals surface area (Å²) in [5, 5.41) is 0. The zero-order chi connectivity index (χ0) is 31.1. The Kier molecular flexibility index (Phi) is 12.5. The summed E-state index contributed by atoms with van der Waals surface area (Å²) >= 11 is 0. The van der Waals surface area contributed by atoms with Gasteiger partial charge in [-0.3, -0.25) is 14.9 Å². The van der Waals surface area contributed by atoms with Crippen LogP contribution in [-0.4, -0.2) is 36.1 Å². The molecule has 43 heavy (non-hydrogen) atoms. The molecule has 0 amide bonds. The Bertz CT molecular complexity index is 1460.